The Hall–Kier alpha value is -1.78. The van der Waals surface area contributed by atoms with Crippen molar-refractivity contribution in [2.75, 3.05) is 5.32 Å². The van der Waals surface area contributed by atoms with Gasteiger partial charge in [-0.1, -0.05) is 5.16 Å². The highest BCUT2D eigenvalue weighted by atomic mass is 16.5. The van der Waals surface area contributed by atoms with Crippen LogP contribution in [0.1, 0.15) is 11.6 Å². The lowest BCUT2D eigenvalue weighted by Crippen LogP contribution is -2.05. The number of rotatable bonds is 3. The van der Waals surface area contributed by atoms with Crippen molar-refractivity contribution in [3.63, 3.8) is 0 Å². The fraction of sp³-hybridized carbons (Fsp3) is 0.333. The smallest absolute Gasteiger partial charge is 0.156 e. The molecule has 1 N–H and O–H groups in total. The van der Waals surface area contributed by atoms with E-state index in [0.29, 0.717) is 6.54 Å². The van der Waals surface area contributed by atoms with Gasteiger partial charge in [0.05, 0.1) is 18.4 Å². The topological polar surface area (TPSA) is 55.9 Å². The third-order valence-electron chi connectivity index (χ3n) is 2.11. The van der Waals surface area contributed by atoms with Crippen LogP contribution in [0.15, 0.2) is 23.1 Å². The van der Waals surface area contributed by atoms with E-state index in [9.17, 15) is 0 Å². The Morgan fingerprint density at radius 1 is 1.57 bits per heavy atom. The van der Waals surface area contributed by atoms with Crippen LogP contribution >= 0.6 is 0 Å². The summed E-state index contributed by atoms with van der Waals surface area (Å²) in [6.45, 7) is 2.54. The Morgan fingerprint density at radius 2 is 2.43 bits per heavy atom. The van der Waals surface area contributed by atoms with E-state index in [0.717, 1.165) is 17.3 Å². The zero-order valence-electron chi connectivity index (χ0n) is 8.19. The molecule has 0 saturated heterocycles. The molecule has 0 radical (unpaired) electrons. The number of anilines is 1. The molecule has 14 heavy (non-hydrogen) atoms. The molecule has 0 saturated carbocycles. The molecule has 0 aromatic carbocycles. The molecule has 2 heterocycles. The quantitative estimate of drug-likeness (QED) is 0.797. The Kier molecular flexibility index (Phi) is 2.22. The van der Waals surface area contributed by atoms with Crippen molar-refractivity contribution in [3.8, 4) is 0 Å². The van der Waals surface area contributed by atoms with Crippen LogP contribution in [0.5, 0.6) is 0 Å². The number of nitrogens with zero attached hydrogens (tertiary/aromatic N) is 3. The number of aryl methyl sites for hydroxylation is 2. The van der Waals surface area contributed by atoms with Crippen molar-refractivity contribution >= 4 is 5.69 Å². The molecule has 0 unspecified atom stereocenters. The van der Waals surface area contributed by atoms with Crippen molar-refractivity contribution < 1.29 is 4.52 Å². The lowest BCUT2D eigenvalue weighted by atomic mass is 10.4. The Balaban J connectivity index is 2.02. The molecule has 0 atom stereocenters. The molecule has 0 fully saturated rings. The van der Waals surface area contributed by atoms with Gasteiger partial charge in [0.2, 0.25) is 0 Å². The van der Waals surface area contributed by atoms with E-state index in [1.807, 2.05) is 24.7 Å². The van der Waals surface area contributed by atoms with E-state index in [4.69, 9.17) is 4.52 Å². The summed E-state index contributed by atoms with van der Waals surface area (Å²) >= 11 is 0. The molecule has 2 aromatic heterocycles. The molecule has 2 aromatic rings. The third kappa shape index (κ3) is 1.61. The van der Waals surface area contributed by atoms with Crippen LogP contribution in [0.2, 0.25) is 0 Å². The Morgan fingerprint density at radius 3 is 3.00 bits per heavy atom. The second-order valence-corrected chi connectivity index (χ2v) is 3.10. The first-order valence-corrected chi connectivity index (χ1v) is 4.38. The SMILES string of the molecule is Cc1oncc1NCc1nccn1C. The number of imidazole rings is 1. The van der Waals surface area contributed by atoms with E-state index in [2.05, 4.69) is 15.5 Å². The van der Waals surface area contributed by atoms with Gasteiger partial charge in [0.25, 0.3) is 0 Å². The standard InChI is InChI=1S/C9H12N4O/c1-7-8(5-12-14-7)11-6-9-10-3-4-13(9)2/h3-5,11H,6H2,1-2H3. The summed E-state index contributed by atoms with van der Waals surface area (Å²) in [7, 11) is 1.96. The van der Waals surface area contributed by atoms with Crippen molar-refractivity contribution in [2.24, 2.45) is 7.05 Å². The van der Waals surface area contributed by atoms with Crippen LogP contribution in [-0.2, 0) is 13.6 Å². The summed E-state index contributed by atoms with van der Waals surface area (Å²) in [5.74, 6) is 1.77. The highest BCUT2D eigenvalue weighted by molar-refractivity contribution is 5.43. The van der Waals surface area contributed by atoms with Gasteiger partial charge >= 0.3 is 0 Å². The molecule has 5 nitrogen and oxygen atoms in total. The minimum absolute atomic E-state index is 0.672. The molecule has 0 aliphatic rings. The lowest BCUT2D eigenvalue weighted by molar-refractivity contribution is 0.398. The number of hydrogen-bond acceptors (Lipinski definition) is 4. The van der Waals surface area contributed by atoms with Gasteiger partial charge in [0.15, 0.2) is 5.76 Å². The van der Waals surface area contributed by atoms with Gasteiger partial charge in [-0.15, -0.1) is 0 Å². The maximum absolute atomic E-state index is 4.92. The first kappa shape index (κ1) is 8.80. The normalized spacial score (nSPS) is 10.4. The molecule has 5 heteroatoms. The van der Waals surface area contributed by atoms with Gasteiger partial charge in [-0.05, 0) is 6.92 Å². The minimum Gasteiger partial charge on any atom is -0.374 e. The fourth-order valence-corrected chi connectivity index (χ4v) is 1.21. The van der Waals surface area contributed by atoms with Gasteiger partial charge in [-0.3, -0.25) is 0 Å². The Bertz CT molecular complexity index is 378. The first-order valence-electron chi connectivity index (χ1n) is 4.38. The summed E-state index contributed by atoms with van der Waals surface area (Å²) in [5, 5.41) is 6.88. The van der Waals surface area contributed by atoms with Crippen LogP contribution in [0.25, 0.3) is 0 Å². The average Bonchev–Trinajstić information content (AvgIpc) is 2.72. The van der Waals surface area contributed by atoms with Gasteiger partial charge in [0, 0.05) is 19.4 Å². The predicted molar refractivity (Wildman–Crippen MR) is 51.8 cm³/mol. The van der Waals surface area contributed by atoms with Gasteiger partial charge < -0.3 is 14.4 Å². The molecular formula is C9H12N4O. The van der Waals surface area contributed by atoms with Crippen molar-refractivity contribution in [1.82, 2.24) is 14.7 Å². The molecule has 2 rings (SSSR count). The number of aromatic nitrogens is 3. The van der Waals surface area contributed by atoms with Gasteiger partial charge in [0.1, 0.15) is 5.82 Å². The van der Waals surface area contributed by atoms with Crippen LogP contribution in [-0.4, -0.2) is 14.7 Å². The molecule has 0 spiro atoms. The highest BCUT2D eigenvalue weighted by Gasteiger charge is 2.03. The van der Waals surface area contributed by atoms with E-state index in [1.165, 1.54) is 0 Å². The zero-order valence-corrected chi connectivity index (χ0v) is 8.19. The van der Waals surface area contributed by atoms with Crippen molar-refractivity contribution in [3.05, 3.63) is 30.2 Å². The second kappa shape index (κ2) is 3.53. The predicted octanol–water partition coefficient (Wildman–Crippen LogP) is 1.33. The molecule has 0 amide bonds. The van der Waals surface area contributed by atoms with Crippen molar-refractivity contribution in [2.45, 2.75) is 13.5 Å². The molecular weight excluding hydrogens is 180 g/mol. The fourth-order valence-electron chi connectivity index (χ4n) is 1.21. The molecule has 0 bridgehead atoms. The van der Waals surface area contributed by atoms with Crippen molar-refractivity contribution in [1.29, 1.82) is 0 Å². The molecule has 0 aliphatic carbocycles. The maximum Gasteiger partial charge on any atom is 0.156 e. The molecule has 0 aliphatic heterocycles. The molecule has 74 valence electrons. The largest absolute Gasteiger partial charge is 0.374 e. The Labute approximate surface area is 81.7 Å². The first-order chi connectivity index (χ1) is 6.77. The van der Waals surface area contributed by atoms with Crippen LogP contribution in [0, 0.1) is 6.92 Å². The summed E-state index contributed by atoms with van der Waals surface area (Å²) in [6, 6.07) is 0. The summed E-state index contributed by atoms with van der Waals surface area (Å²) in [4.78, 5) is 4.19. The summed E-state index contributed by atoms with van der Waals surface area (Å²) < 4.78 is 6.89. The number of nitrogens with one attached hydrogen (secondary N) is 1. The monoisotopic (exact) mass is 192 g/mol. The lowest BCUT2D eigenvalue weighted by Gasteiger charge is -2.03. The third-order valence-corrected chi connectivity index (χ3v) is 2.11. The highest BCUT2D eigenvalue weighted by Crippen LogP contribution is 2.13. The minimum atomic E-state index is 0.672. The van der Waals surface area contributed by atoms with Crippen LogP contribution in [0.3, 0.4) is 0 Å². The number of hydrogen-bond donors (Lipinski definition) is 1. The van der Waals surface area contributed by atoms with Gasteiger partial charge in [-0.25, -0.2) is 4.98 Å². The van der Waals surface area contributed by atoms with E-state index in [-0.39, 0.29) is 0 Å². The van der Waals surface area contributed by atoms with E-state index >= 15 is 0 Å². The van der Waals surface area contributed by atoms with Gasteiger partial charge in [-0.2, -0.15) is 0 Å². The average molecular weight is 192 g/mol. The van der Waals surface area contributed by atoms with Crippen LogP contribution in [0.4, 0.5) is 5.69 Å². The zero-order chi connectivity index (χ0) is 9.97. The van der Waals surface area contributed by atoms with E-state index < -0.39 is 0 Å². The maximum atomic E-state index is 4.92. The van der Waals surface area contributed by atoms with E-state index in [1.54, 1.807) is 12.4 Å². The second-order valence-electron chi connectivity index (χ2n) is 3.10. The van der Waals surface area contributed by atoms with Crippen LogP contribution < -0.4 is 5.32 Å². The summed E-state index contributed by atoms with van der Waals surface area (Å²) in [5.41, 5.74) is 0.910. The summed E-state index contributed by atoms with van der Waals surface area (Å²) in [6.07, 6.45) is 5.35.